The third-order valence-electron chi connectivity index (χ3n) is 2.23. The molecule has 0 saturated carbocycles. The summed E-state index contributed by atoms with van der Waals surface area (Å²) in [6, 6.07) is 3.38. The van der Waals surface area contributed by atoms with Crippen molar-refractivity contribution in [2.75, 3.05) is 0 Å². The number of benzene rings is 1. The number of carbonyl (C=O) groups excluding carboxylic acids is 1. The van der Waals surface area contributed by atoms with E-state index in [0.717, 1.165) is 11.1 Å². The fourth-order valence-corrected chi connectivity index (χ4v) is 1.21. The van der Waals surface area contributed by atoms with Crippen LogP contribution in [0.4, 0.5) is 0 Å². The lowest BCUT2D eigenvalue weighted by Crippen LogP contribution is -1.98. The Balaban J connectivity index is 3.23. The number of aryl methyl sites for hydroxylation is 2. The second kappa shape index (κ2) is 3.60. The lowest BCUT2D eigenvalue weighted by Gasteiger charge is -2.06. The van der Waals surface area contributed by atoms with Crippen molar-refractivity contribution in [1.82, 2.24) is 0 Å². The Kier molecular flexibility index (Phi) is 2.71. The quantitative estimate of drug-likeness (QED) is 0.707. The zero-order valence-electron chi connectivity index (χ0n) is 8.22. The molecule has 70 valence electrons. The Hall–Kier alpha value is -1.31. The number of Topliss-reactive ketones (excluding diaryl/α,β-unsaturated/α-hetero) is 1. The Morgan fingerprint density at radius 1 is 1.31 bits per heavy atom. The molecule has 1 aromatic rings. The largest absolute Gasteiger partial charge is 0.507 e. The van der Waals surface area contributed by atoms with Crippen molar-refractivity contribution in [3.8, 4) is 5.75 Å². The Labute approximate surface area is 78.2 Å². The van der Waals surface area contributed by atoms with Gasteiger partial charge >= 0.3 is 0 Å². The summed E-state index contributed by atoms with van der Waals surface area (Å²) in [5.41, 5.74) is 2.48. The molecule has 2 nitrogen and oxygen atoms in total. The van der Waals surface area contributed by atoms with Crippen molar-refractivity contribution in [2.24, 2.45) is 0 Å². The molecule has 0 aliphatic heterocycles. The average Bonchev–Trinajstić information content (AvgIpc) is 2.10. The molecule has 1 rings (SSSR count). The number of carbonyl (C=O) groups is 1. The smallest absolute Gasteiger partial charge is 0.166 e. The molecule has 1 N–H and O–H groups in total. The molecule has 0 fully saturated rings. The van der Waals surface area contributed by atoms with Gasteiger partial charge in [-0.1, -0.05) is 6.92 Å². The highest BCUT2D eigenvalue weighted by Gasteiger charge is 2.10. The SMILES string of the molecule is CCC(=O)c1cc(C)c(C)cc1O. The van der Waals surface area contributed by atoms with Gasteiger partial charge in [-0.2, -0.15) is 0 Å². The highest BCUT2D eigenvalue weighted by molar-refractivity contribution is 5.98. The van der Waals surface area contributed by atoms with Gasteiger partial charge in [0.2, 0.25) is 0 Å². The van der Waals surface area contributed by atoms with Crippen molar-refractivity contribution in [2.45, 2.75) is 27.2 Å². The van der Waals surface area contributed by atoms with Crippen LogP contribution in [0, 0.1) is 13.8 Å². The first-order valence-electron chi connectivity index (χ1n) is 4.39. The molecule has 0 heterocycles. The minimum Gasteiger partial charge on any atom is -0.507 e. The highest BCUT2D eigenvalue weighted by Crippen LogP contribution is 2.22. The number of hydrogen-bond acceptors (Lipinski definition) is 2. The first-order valence-corrected chi connectivity index (χ1v) is 4.39. The predicted octanol–water partition coefficient (Wildman–Crippen LogP) is 2.60. The Bertz CT molecular complexity index is 340. The van der Waals surface area contributed by atoms with Crippen LogP contribution in [-0.2, 0) is 0 Å². The normalized spacial score (nSPS) is 10.1. The lowest BCUT2D eigenvalue weighted by molar-refractivity contribution is 0.0985. The summed E-state index contributed by atoms with van der Waals surface area (Å²) in [4.78, 5) is 11.3. The number of phenols is 1. The van der Waals surface area contributed by atoms with Crippen LogP contribution in [0.5, 0.6) is 5.75 Å². The van der Waals surface area contributed by atoms with Gasteiger partial charge in [0.1, 0.15) is 5.75 Å². The van der Waals surface area contributed by atoms with Gasteiger partial charge in [0.15, 0.2) is 5.78 Å². The maximum absolute atomic E-state index is 11.3. The molecule has 0 aliphatic rings. The highest BCUT2D eigenvalue weighted by atomic mass is 16.3. The van der Waals surface area contributed by atoms with E-state index >= 15 is 0 Å². The van der Waals surface area contributed by atoms with Gasteiger partial charge < -0.3 is 5.11 Å². The summed E-state index contributed by atoms with van der Waals surface area (Å²) < 4.78 is 0. The second-order valence-corrected chi connectivity index (χ2v) is 3.23. The minimum atomic E-state index is -0.0133. The second-order valence-electron chi connectivity index (χ2n) is 3.23. The van der Waals surface area contributed by atoms with Gasteiger partial charge in [0.25, 0.3) is 0 Å². The maximum Gasteiger partial charge on any atom is 0.166 e. The van der Waals surface area contributed by atoms with Gasteiger partial charge in [0.05, 0.1) is 5.56 Å². The van der Waals surface area contributed by atoms with E-state index in [1.807, 2.05) is 13.8 Å². The summed E-state index contributed by atoms with van der Waals surface area (Å²) in [5, 5.41) is 9.50. The van der Waals surface area contributed by atoms with Crippen molar-refractivity contribution in [3.05, 3.63) is 28.8 Å². The lowest BCUT2D eigenvalue weighted by atomic mass is 10.0. The van der Waals surface area contributed by atoms with E-state index < -0.39 is 0 Å². The van der Waals surface area contributed by atoms with E-state index in [0.29, 0.717) is 12.0 Å². The standard InChI is InChI=1S/C11H14O2/c1-4-10(12)9-5-7(2)8(3)6-11(9)13/h5-6,13H,4H2,1-3H3. The van der Waals surface area contributed by atoms with Crippen molar-refractivity contribution in [1.29, 1.82) is 0 Å². The zero-order chi connectivity index (χ0) is 10.0. The van der Waals surface area contributed by atoms with Crippen molar-refractivity contribution in [3.63, 3.8) is 0 Å². The maximum atomic E-state index is 11.3. The first kappa shape index (κ1) is 9.78. The van der Waals surface area contributed by atoms with Crippen LogP contribution in [0.2, 0.25) is 0 Å². The molecule has 0 aliphatic carbocycles. The first-order chi connectivity index (χ1) is 6.06. The van der Waals surface area contributed by atoms with Gasteiger partial charge in [0, 0.05) is 6.42 Å². The minimum absolute atomic E-state index is 0.0133. The van der Waals surface area contributed by atoms with E-state index in [1.165, 1.54) is 0 Å². The summed E-state index contributed by atoms with van der Waals surface area (Å²) in [5.74, 6) is 0.0792. The number of hydrogen-bond donors (Lipinski definition) is 1. The van der Waals surface area contributed by atoms with E-state index in [-0.39, 0.29) is 11.5 Å². The van der Waals surface area contributed by atoms with E-state index in [2.05, 4.69) is 0 Å². The predicted molar refractivity (Wildman–Crippen MR) is 52.2 cm³/mol. The van der Waals surface area contributed by atoms with Crippen LogP contribution in [0.1, 0.15) is 34.8 Å². The molecule has 0 saturated heterocycles. The van der Waals surface area contributed by atoms with Gasteiger partial charge in [-0.25, -0.2) is 0 Å². The average molecular weight is 178 g/mol. The molecular formula is C11H14O2. The van der Waals surface area contributed by atoms with Crippen LogP contribution >= 0.6 is 0 Å². The fraction of sp³-hybridized carbons (Fsp3) is 0.364. The van der Waals surface area contributed by atoms with Crippen LogP contribution in [0.15, 0.2) is 12.1 Å². The van der Waals surface area contributed by atoms with E-state index in [4.69, 9.17) is 0 Å². The third kappa shape index (κ3) is 1.89. The number of aromatic hydroxyl groups is 1. The van der Waals surface area contributed by atoms with Gasteiger partial charge in [-0.3, -0.25) is 4.79 Å². The summed E-state index contributed by atoms with van der Waals surface area (Å²) >= 11 is 0. The molecular weight excluding hydrogens is 164 g/mol. The molecule has 0 aromatic heterocycles. The van der Waals surface area contributed by atoms with E-state index in [1.54, 1.807) is 19.1 Å². The fourth-order valence-electron chi connectivity index (χ4n) is 1.21. The molecule has 0 unspecified atom stereocenters. The number of rotatable bonds is 2. The molecule has 13 heavy (non-hydrogen) atoms. The topological polar surface area (TPSA) is 37.3 Å². The van der Waals surface area contributed by atoms with Crippen LogP contribution in [0.25, 0.3) is 0 Å². The number of phenolic OH excluding ortho intramolecular Hbond substituents is 1. The van der Waals surface area contributed by atoms with Crippen LogP contribution in [0.3, 0.4) is 0 Å². The van der Waals surface area contributed by atoms with Gasteiger partial charge in [-0.15, -0.1) is 0 Å². The molecule has 2 heteroatoms. The Morgan fingerprint density at radius 3 is 2.38 bits per heavy atom. The molecule has 0 radical (unpaired) electrons. The van der Waals surface area contributed by atoms with Crippen LogP contribution < -0.4 is 0 Å². The molecule has 0 spiro atoms. The summed E-state index contributed by atoms with van der Waals surface area (Å²) in [7, 11) is 0. The monoisotopic (exact) mass is 178 g/mol. The Morgan fingerprint density at radius 2 is 1.85 bits per heavy atom. The summed E-state index contributed by atoms with van der Waals surface area (Å²) in [6.07, 6.45) is 0.427. The van der Waals surface area contributed by atoms with Crippen molar-refractivity contribution < 1.29 is 9.90 Å². The molecule has 0 amide bonds. The van der Waals surface area contributed by atoms with Gasteiger partial charge in [-0.05, 0) is 37.1 Å². The van der Waals surface area contributed by atoms with Crippen molar-refractivity contribution >= 4 is 5.78 Å². The molecule has 0 atom stereocenters. The number of ketones is 1. The zero-order valence-corrected chi connectivity index (χ0v) is 8.22. The molecule has 1 aromatic carbocycles. The summed E-state index contributed by atoms with van der Waals surface area (Å²) in [6.45, 7) is 5.63. The van der Waals surface area contributed by atoms with E-state index in [9.17, 15) is 9.90 Å². The molecule has 0 bridgehead atoms. The third-order valence-corrected chi connectivity index (χ3v) is 2.23. The van der Waals surface area contributed by atoms with Crippen LogP contribution in [-0.4, -0.2) is 10.9 Å².